The number of hydrogen-bond donors (Lipinski definition) is 1. The van der Waals surface area contributed by atoms with Gasteiger partial charge in [0.2, 0.25) is 0 Å². The zero-order valence-corrected chi connectivity index (χ0v) is 8.14. The fourth-order valence-corrected chi connectivity index (χ4v) is 2.11. The van der Waals surface area contributed by atoms with Gasteiger partial charge >= 0.3 is 0 Å². The largest absolute Gasteiger partial charge is 0.327 e. The second-order valence-corrected chi connectivity index (χ2v) is 4.02. The van der Waals surface area contributed by atoms with Crippen molar-refractivity contribution in [2.24, 2.45) is 5.73 Å². The summed E-state index contributed by atoms with van der Waals surface area (Å²) in [6, 6.07) is 6.42. The summed E-state index contributed by atoms with van der Waals surface area (Å²) in [5.41, 5.74) is 9.32. The van der Waals surface area contributed by atoms with Crippen molar-refractivity contribution in [3.63, 3.8) is 0 Å². The highest BCUT2D eigenvalue weighted by atomic mass is 15.0. The molecule has 2 aromatic heterocycles. The molecule has 0 amide bonds. The fourth-order valence-electron chi connectivity index (χ4n) is 2.11. The second kappa shape index (κ2) is 2.58. The van der Waals surface area contributed by atoms with E-state index in [1.165, 1.54) is 5.69 Å². The molecule has 72 valence electrons. The summed E-state index contributed by atoms with van der Waals surface area (Å²) in [6.45, 7) is 2.06. The average Bonchev–Trinajstić information content (AvgIpc) is 2.78. The maximum atomic E-state index is 5.88. The predicted octanol–water partition coefficient (Wildman–Crippen LogP) is 1.46. The predicted molar refractivity (Wildman–Crippen MR) is 55.3 cm³/mol. The van der Waals surface area contributed by atoms with Crippen LogP contribution in [0.25, 0.3) is 5.65 Å². The van der Waals surface area contributed by atoms with Crippen LogP contribution in [-0.4, -0.2) is 15.4 Å². The Balaban J connectivity index is 2.25. The summed E-state index contributed by atoms with van der Waals surface area (Å²) in [5, 5.41) is 0. The molecule has 3 heteroatoms. The van der Waals surface area contributed by atoms with Gasteiger partial charge in [-0.2, -0.15) is 0 Å². The van der Waals surface area contributed by atoms with Crippen LogP contribution in [0, 0.1) is 6.92 Å². The summed E-state index contributed by atoms with van der Waals surface area (Å²) < 4.78 is 2.16. The van der Waals surface area contributed by atoms with Crippen molar-refractivity contribution in [3.05, 3.63) is 35.8 Å². The molecule has 0 radical (unpaired) electrons. The number of nitrogens with two attached hydrogens (primary N) is 1. The van der Waals surface area contributed by atoms with E-state index in [-0.39, 0.29) is 0 Å². The maximum Gasteiger partial charge on any atom is 0.137 e. The molecule has 2 N–H and O–H groups in total. The van der Waals surface area contributed by atoms with Gasteiger partial charge in [-0.15, -0.1) is 0 Å². The molecular weight excluding hydrogens is 174 g/mol. The Hall–Kier alpha value is -1.35. The molecule has 3 nitrogen and oxygen atoms in total. The summed E-state index contributed by atoms with van der Waals surface area (Å²) in [7, 11) is 0. The van der Waals surface area contributed by atoms with Gasteiger partial charge in [0.1, 0.15) is 5.65 Å². The van der Waals surface area contributed by atoms with Crippen molar-refractivity contribution in [2.75, 3.05) is 0 Å². The van der Waals surface area contributed by atoms with E-state index < -0.39 is 0 Å². The summed E-state index contributed by atoms with van der Waals surface area (Å²) >= 11 is 0. The lowest BCUT2D eigenvalue weighted by atomic mass is 10.2. The lowest BCUT2D eigenvalue weighted by molar-refractivity contribution is 0.912. The van der Waals surface area contributed by atoms with Crippen molar-refractivity contribution in [3.8, 4) is 0 Å². The zero-order chi connectivity index (χ0) is 9.71. The number of hydrogen-bond acceptors (Lipinski definition) is 2. The van der Waals surface area contributed by atoms with Gasteiger partial charge in [0.25, 0.3) is 0 Å². The quantitative estimate of drug-likeness (QED) is 0.734. The molecule has 0 aliphatic heterocycles. The topological polar surface area (TPSA) is 43.3 Å². The summed E-state index contributed by atoms with van der Waals surface area (Å²) in [6.07, 6.45) is 3.17. The van der Waals surface area contributed by atoms with Crippen LogP contribution >= 0.6 is 0 Å². The molecule has 2 unspecified atom stereocenters. The van der Waals surface area contributed by atoms with E-state index in [0.717, 1.165) is 17.8 Å². The first kappa shape index (κ1) is 8.00. The molecule has 1 aliphatic carbocycles. The summed E-state index contributed by atoms with van der Waals surface area (Å²) in [4.78, 5) is 4.52. The van der Waals surface area contributed by atoms with Gasteiger partial charge in [0.05, 0.1) is 11.4 Å². The Bertz CT molecular complexity index is 486. The minimum atomic E-state index is 0.341. The molecule has 1 fully saturated rings. The number of fused-ring (bicyclic) bond motifs is 1. The van der Waals surface area contributed by atoms with Crippen LogP contribution in [-0.2, 0) is 0 Å². The van der Waals surface area contributed by atoms with Gasteiger partial charge in [-0.05, 0) is 25.5 Å². The van der Waals surface area contributed by atoms with Gasteiger partial charge in [-0.25, -0.2) is 4.98 Å². The Kier molecular flexibility index (Phi) is 1.47. The third kappa shape index (κ3) is 0.990. The molecule has 2 atom stereocenters. The van der Waals surface area contributed by atoms with Gasteiger partial charge in [-0.1, -0.05) is 6.07 Å². The minimum absolute atomic E-state index is 0.341. The van der Waals surface area contributed by atoms with E-state index in [2.05, 4.69) is 22.5 Å². The first-order chi connectivity index (χ1) is 6.77. The maximum absolute atomic E-state index is 5.88. The lowest BCUT2D eigenvalue weighted by Gasteiger charge is -1.99. The zero-order valence-electron chi connectivity index (χ0n) is 8.14. The molecule has 2 aromatic rings. The number of rotatable bonds is 1. The lowest BCUT2D eigenvalue weighted by Crippen LogP contribution is -2.03. The fraction of sp³-hybridized carbons (Fsp3) is 0.364. The van der Waals surface area contributed by atoms with Gasteiger partial charge in [0.15, 0.2) is 0 Å². The Morgan fingerprint density at radius 3 is 3.00 bits per heavy atom. The second-order valence-electron chi connectivity index (χ2n) is 4.02. The number of pyridine rings is 1. The van der Waals surface area contributed by atoms with Crippen molar-refractivity contribution < 1.29 is 0 Å². The number of aromatic nitrogens is 2. The molecule has 1 saturated carbocycles. The molecule has 14 heavy (non-hydrogen) atoms. The van der Waals surface area contributed by atoms with Crippen LogP contribution in [0.15, 0.2) is 24.4 Å². The molecule has 0 spiro atoms. The molecular formula is C11H13N3. The van der Waals surface area contributed by atoms with Crippen LogP contribution in [0.3, 0.4) is 0 Å². The van der Waals surface area contributed by atoms with E-state index in [4.69, 9.17) is 5.73 Å². The van der Waals surface area contributed by atoms with E-state index in [0.29, 0.717) is 12.0 Å². The standard InChI is InChI=1S/C11H13N3/c1-7-11(8-6-9(8)12)14-5-3-2-4-10(14)13-7/h2-5,8-9H,6,12H2,1H3. The molecule has 2 heterocycles. The highest BCUT2D eigenvalue weighted by molar-refractivity contribution is 5.45. The van der Waals surface area contributed by atoms with Crippen molar-refractivity contribution in [1.82, 2.24) is 9.38 Å². The molecule has 1 aliphatic rings. The molecule has 0 saturated heterocycles. The highest BCUT2D eigenvalue weighted by Crippen LogP contribution is 2.40. The van der Waals surface area contributed by atoms with Crippen LogP contribution in [0.4, 0.5) is 0 Å². The minimum Gasteiger partial charge on any atom is -0.327 e. The van der Waals surface area contributed by atoms with E-state index in [1.54, 1.807) is 0 Å². The average molecular weight is 187 g/mol. The third-order valence-corrected chi connectivity index (χ3v) is 2.94. The van der Waals surface area contributed by atoms with Gasteiger partial charge < -0.3 is 10.1 Å². The number of nitrogens with zero attached hydrogens (tertiary/aromatic N) is 2. The highest BCUT2D eigenvalue weighted by Gasteiger charge is 2.38. The van der Waals surface area contributed by atoms with Crippen LogP contribution in [0.1, 0.15) is 23.7 Å². The van der Waals surface area contributed by atoms with Crippen LogP contribution in [0.5, 0.6) is 0 Å². The smallest absolute Gasteiger partial charge is 0.137 e. The van der Waals surface area contributed by atoms with Crippen molar-refractivity contribution in [2.45, 2.75) is 25.3 Å². The van der Waals surface area contributed by atoms with Gasteiger partial charge in [-0.3, -0.25) is 0 Å². The summed E-state index contributed by atoms with van der Waals surface area (Å²) in [5.74, 6) is 0.521. The third-order valence-electron chi connectivity index (χ3n) is 2.94. The molecule has 0 bridgehead atoms. The van der Waals surface area contributed by atoms with Gasteiger partial charge in [0, 0.05) is 18.2 Å². The molecule has 3 rings (SSSR count). The Morgan fingerprint density at radius 1 is 1.50 bits per heavy atom. The number of imidazole rings is 1. The normalized spacial score (nSPS) is 25.6. The van der Waals surface area contributed by atoms with E-state index in [9.17, 15) is 0 Å². The first-order valence-electron chi connectivity index (χ1n) is 4.96. The van der Waals surface area contributed by atoms with Crippen molar-refractivity contribution in [1.29, 1.82) is 0 Å². The first-order valence-corrected chi connectivity index (χ1v) is 4.96. The van der Waals surface area contributed by atoms with Crippen LogP contribution in [0.2, 0.25) is 0 Å². The van der Waals surface area contributed by atoms with E-state index >= 15 is 0 Å². The Labute approximate surface area is 82.6 Å². The monoisotopic (exact) mass is 187 g/mol. The number of aryl methyl sites for hydroxylation is 1. The van der Waals surface area contributed by atoms with Crippen LogP contribution < -0.4 is 5.73 Å². The Morgan fingerprint density at radius 2 is 2.29 bits per heavy atom. The van der Waals surface area contributed by atoms with Crippen molar-refractivity contribution >= 4 is 5.65 Å². The van der Waals surface area contributed by atoms with E-state index in [1.807, 2.05) is 18.2 Å². The SMILES string of the molecule is Cc1nc2ccccn2c1C1CC1N. The molecule has 0 aromatic carbocycles.